The van der Waals surface area contributed by atoms with Gasteiger partial charge >= 0.3 is 0 Å². The maximum atomic E-state index is 11.1. The highest BCUT2D eigenvalue weighted by Crippen LogP contribution is 2.24. The number of hydrogen-bond acceptors (Lipinski definition) is 5. The maximum absolute atomic E-state index is 11.1. The second-order valence-corrected chi connectivity index (χ2v) is 7.01. The Balaban J connectivity index is 0.000000164. The molecule has 120 valence electrons. The van der Waals surface area contributed by atoms with Gasteiger partial charge in [0.1, 0.15) is 12.1 Å². The molecule has 8 heteroatoms. The fraction of sp³-hybridized carbons (Fsp3) is 0.500. The second-order valence-electron chi connectivity index (χ2n) is 5.30. The number of fused-ring (bicyclic) bond motifs is 1. The Morgan fingerprint density at radius 1 is 1.50 bits per heavy atom. The molecule has 1 saturated heterocycles. The standard InChI is InChI=1S/C8H15NO.C6H5IN4S/c1-3-7-5-4-6(2)8(10)9-7;7-12-11-2-1-4-5(8)9-3-10-6(4)11/h6-7H,3-5H2,1-2H3,(H,9,10);1-3H,(H2,8,9,10). The summed E-state index contributed by atoms with van der Waals surface area (Å²) in [5.74, 6) is 1.00. The van der Waals surface area contributed by atoms with Gasteiger partial charge in [0.25, 0.3) is 0 Å². The lowest BCUT2D eigenvalue weighted by Crippen LogP contribution is -2.42. The largest absolute Gasteiger partial charge is 0.383 e. The van der Waals surface area contributed by atoms with E-state index >= 15 is 0 Å². The van der Waals surface area contributed by atoms with Gasteiger partial charge in [-0.15, -0.1) is 0 Å². The Hall–Kier alpha value is -1.03. The smallest absolute Gasteiger partial charge is 0.223 e. The zero-order chi connectivity index (χ0) is 16.1. The molecule has 1 fully saturated rings. The Labute approximate surface area is 146 Å². The molecule has 3 heterocycles. The van der Waals surface area contributed by atoms with E-state index in [0.29, 0.717) is 11.9 Å². The molecule has 0 aromatic carbocycles. The summed E-state index contributed by atoms with van der Waals surface area (Å²) in [4.78, 5) is 19.1. The van der Waals surface area contributed by atoms with Crippen LogP contribution < -0.4 is 11.1 Å². The third-order valence-corrected chi connectivity index (χ3v) is 5.50. The van der Waals surface area contributed by atoms with Gasteiger partial charge in [-0.2, -0.15) is 0 Å². The molecule has 2 atom stereocenters. The van der Waals surface area contributed by atoms with Gasteiger partial charge in [0.15, 0.2) is 5.65 Å². The van der Waals surface area contributed by atoms with Crippen LogP contribution >= 0.6 is 30.3 Å². The maximum Gasteiger partial charge on any atom is 0.223 e. The molecule has 3 N–H and O–H groups in total. The average Bonchev–Trinajstić information content (AvgIpc) is 2.95. The van der Waals surface area contributed by atoms with Crippen molar-refractivity contribution in [3.8, 4) is 0 Å². The van der Waals surface area contributed by atoms with E-state index in [9.17, 15) is 4.79 Å². The molecule has 1 aliphatic heterocycles. The van der Waals surface area contributed by atoms with Crippen molar-refractivity contribution in [2.45, 2.75) is 39.2 Å². The molecule has 0 bridgehead atoms. The number of nitrogens with two attached hydrogens (primary N) is 1. The molecule has 22 heavy (non-hydrogen) atoms. The minimum atomic E-state index is 0.234. The Bertz CT molecular complexity index is 647. The summed E-state index contributed by atoms with van der Waals surface area (Å²) in [7, 11) is 1.55. The molecule has 1 amide bonds. The van der Waals surface area contributed by atoms with Gasteiger partial charge < -0.3 is 11.1 Å². The lowest BCUT2D eigenvalue weighted by molar-refractivity contribution is -0.127. The summed E-state index contributed by atoms with van der Waals surface area (Å²) in [5.41, 5.74) is 6.51. The highest BCUT2D eigenvalue weighted by molar-refractivity contribution is 14.2. The fourth-order valence-corrected chi connectivity index (χ4v) is 3.58. The molecule has 0 spiro atoms. The summed E-state index contributed by atoms with van der Waals surface area (Å²) in [6.07, 6.45) is 6.68. The minimum Gasteiger partial charge on any atom is -0.383 e. The van der Waals surface area contributed by atoms with Crippen LogP contribution in [0.3, 0.4) is 0 Å². The highest BCUT2D eigenvalue weighted by Gasteiger charge is 2.22. The number of nitrogens with one attached hydrogen (secondary N) is 1. The van der Waals surface area contributed by atoms with E-state index < -0.39 is 0 Å². The average molecular weight is 433 g/mol. The van der Waals surface area contributed by atoms with Gasteiger partial charge in [-0.3, -0.25) is 8.77 Å². The van der Waals surface area contributed by atoms with Gasteiger partial charge in [-0.1, -0.05) is 13.8 Å². The summed E-state index contributed by atoms with van der Waals surface area (Å²) >= 11 is 2.19. The molecule has 0 radical (unpaired) electrons. The van der Waals surface area contributed by atoms with E-state index in [1.807, 2.05) is 23.2 Å². The Morgan fingerprint density at radius 2 is 2.27 bits per heavy atom. The number of rotatable bonds is 2. The highest BCUT2D eigenvalue weighted by atomic mass is 127. The van der Waals surface area contributed by atoms with Gasteiger partial charge in [0, 0.05) is 48.5 Å². The third-order valence-electron chi connectivity index (χ3n) is 3.79. The first-order valence-electron chi connectivity index (χ1n) is 7.23. The molecule has 2 aromatic rings. The number of piperidine rings is 1. The van der Waals surface area contributed by atoms with Crippen LogP contribution in [0.4, 0.5) is 5.82 Å². The van der Waals surface area contributed by atoms with Crippen LogP contribution in [0.2, 0.25) is 0 Å². The quantitative estimate of drug-likeness (QED) is 0.711. The number of halogens is 1. The molecular formula is C14H20IN5OS. The number of hydrogen-bond donors (Lipinski definition) is 2. The van der Waals surface area contributed by atoms with Crippen molar-refractivity contribution in [1.82, 2.24) is 19.3 Å². The van der Waals surface area contributed by atoms with Crippen molar-refractivity contribution in [2.75, 3.05) is 5.73 Å². The summed E-state index contributed by atoms with van der Waals surface area (Å²) < 4.78 is 1.94. The summed E-state index contributed by atoms with van der Waals surface area (Å²) in [6, 6.07) is 2.36. The van der Waals surface area contributed by atoms with Crippen molar-refractivity contribution >= 4 is 53.1 Å². The lowest BCUT2D eigenvalue weighted by Gasteiger charge is -2.25. The van der Waals surface area contributed by atoms with Crippen LogP contribution in [-0.4, -0.2) is 25.9 Å². The van der Waals surface area contributed by atoms with Gasteiger partial charge in [0.05, 0.1) is 5.39 Å². The van der Waals surface area contributed by atoms with E-state index in [0.717, 1.165) is 30.3 Å². The first-order chi connectivity index (χ1) is 10.6. The van der Waals surface area contributed by atoms with Crippen LogP contribution in [0.25, 0.3) is 11.0 Å². The minimum absolute atomic E-state index is 0.234. The summed E-state index contributed by atoms with van der Waals surface area (Å²) in [5, 5.41) is 3.88. The molecule has 1 aliphatic rings. The predicted molar refractivity (Wildman–Crippen MR) is 99.6 cm³/mol. The summed E-state index contributed by atoms with van der Waals surface area (Å²) in [6.45, 7) is 4.10. The van der Waals surface area contributed by atoms with Crippen molar-refractivity contribution in [2.24, 2.45) is 5.92 Å². The number of aromatic nitrogens is 3. The molecule has 2 aromatic heterocycles. The third kappa shape index (κ3) is 4.03. The first-order valence-corrected chi connectivity index (χ1v) is 10.5. The number of nitrogens with zero attached hydrogens (tertiary/aromatic N) is 3. The number of amides is 1. The van der Waals surface area contributed by atoms with Crippen LogP contribution in [0.5, 0.6) is 0 Å². The molecule has 0 saturated carbocycles. The van der Waals surface area contributed by atoms with Gasteiger partial charge in [-0.25, -0.2) is 9.97 Å². The van der Waals surface area contributed by atoms with Gasteiger partial charge in [0.2, 0.25) is 5.91 Å². The zero-order valence-corrected chi connectivity index (χ0v) is 15.6. The zero-order valence-electron chi connectivity index (χ0n) is 12.6. The lowest BCUT2D eigenvalue weighted by atomic mass is 9.94. The van der Waals surface area contributed by atoms with Crippen LogP contribution in [-0.2, 0) is 4.79 Å². The molecule has 0 aliphatic carbocycles. The predicted octanol–water partition coefficient (Wildman–Crippen LogP) is 3.17. The first kappa shape index (κ1) is 17.3. The number of nitrogen functional groups attached to an aromatic ring is 1. The SMILES string of the molecule is CCC1CCC(C)C(=O)N1.Nc1ncnc2c1ccn2SI. The van der Waals surface area contributed by atoms with E-state index in [2.05, 4.69) is 43.4 Å². The molecule has 3 rings (SSSR count). The van der Waals surface area contributed by atoms with E-state index in [1.165, 1.54) is 6.33 Å². The van der Waals surface area contributed by atoms with Gasteiger partial charge in [-0.05, 0) is 25.3 Å². The molecule has 2 unspecified atom stereocenters. The Morgan fingerprint density at radius 3 is 2.91 bits per heavy atom. The van der Waals surface area contributed by atoms with E-state index in [4.69, 9.17) is 5.73 Å². The molecule has 6 nitrogen and oxygen atoms in total. The van der Waals surface area contributed by atoms with Crippen molar-refractivity contribution in [3.05, 3.63) is 18.6 Å². The number of anilines is 1. The van der Waals surface area contributed by atoms with Crippen molar-refractivity contribution < 1.29 is 4.79 Å². The van der Waals surface area contributed by atoms with E-state index in [-0.39, 0.29) is 11.8 Å². The second kappa shape index (κ2) is 8.00. The fourth-order valence-electron chi connectivity index (χ4n) is 2.31. The normalized spacial score (nSPS) is 21.1. The Kier molecular flexibility index (Phi) is 6.30. The van der Waals surface area contributed by atoms with Crippen LogP contribution in [0.15, 0.2) is 18.6 Å². The van der Waals surface area contributed by atoms with Crippen LogP contribution in [0, 0.1) is 5.92 Å². The monoisotopic (exact) mass is 433 g/mol. The number of carbonyl (C=O) groups is 1. The topological polar surface area (TPSA) is 85.8 Å². The molecular weight excluding hydrogens is 413 g/mol. The van der Waals surface area contributed by atoms with Crippen LogP contribution in [0.1, 0.15) is 33.1 Å². The van der Waals surface area contributed by atoms with E-state index in [1.54, 1.807) is 9.12 Å². The van der Waals surface area contributed by atoms with Crippen molar-refractivity contribution in [3.63, 3.8) is 0 Å². The van der Waals surface area contributed by atoms with Crippen molar-refractivity contribution in [1.29, 1.82) is 0 Å². The number of carbonyl (C=O) groups excluding carboxylic acids is 1.